The smallest absolute Gasteiger partial charge is 0.161 e. The van der Waals surface area contributed by atoms with Gasteiger partial charge in [-0.1, -0.05) is 38.1 Å². The van der Waals surface area contributed by atoms with Gasteiger partial charge in [0, 0.05) is 12.5 Å². The van der Waals surface area contributed by atoms with Crippen molar-refractivity contribution in [2.45, 2.75) is 39.2 Å². The number of hydrogen-bond donors (Lipinski definition) is 0. The summed E-state index contributed by atoms with van der Waals surface area (Å²) in [5.74, 6) is 3.06. The number of rotatable bonds is 9. The van der Waals surface area contributed by atoms with Crippen LogP contribution in [-0.4, -0.2) is 23.3 Å². The van der Waals surface area contributed by atoms with E-state index >= 15 is 0 Å². The average Bonchev–Trinajstić information content (AvgIpc) is 3.05. The summed E-state index contributed by atoms with van der Waals surface area (Å²) in [5, 5.41) is 0. The highest BCUT2D eigenvalue weighted by Crippen LogP contribution is 2.29. The molecule has 0 atom stereocenters. The minimum atomic E-state index is 0.385. The van der Waals surface area contributed by atoms with Gasteiger partial charge in [-0.15, -0.1) is 6.58 Å². The highest BCUT2D eigenvalue weighted by Gasteiger charge is 2.13. The van der Waals surface area contributed by atoms with Crippen LogP contribution in [0, 0.1) is 0 Å². The highest BCUT2D eigenvalue weighted by atomic mass is 16.5. The number of para-hydroxylation sites is 2. The van der Waals surface area contributed by atoms with Crippen LogP contribution in [0.3, 0.4) is 0 Å². The lowest BCUT2D eigenvalue weighted by Gasteiger charge is -2.14. The number of allylic oxidation sites excluding steroid dienone is 1. The molecule has 1 heterocycles. The fourth-order valence-corrected chi connectivity index (χ4v) is 3.30. The van der Waals surface area contributed by atoms with Crippen LogP contribution in [-0.2, 0) is 13.0 Å². The zero-order valence-electron chi connectivity index (χ0n) is 16.4. The molecular weight excluding hydrogens is 336 g/mol. The van der Waals surface area contributed by atoms with Gasteiger partial charge in [-0.25, -0.2) is 4.98 Å². The van der Waals surface area contributed by atoms with Crippen LogP contribution in [0.5, 0.6) is 11.5 Å². The van der Waals surface area contributed by atoms with Crippen molar-refractivity contribution < 1.29 is 9.47 Å². The van der Waals surface area contributed by atoms with Crippen LogP contribution in [0.4, 0.5) is 0 Å². The van der Waals surface area contributed by atoms with Crippen molar-refractivity contribution in [3.05, 3.63) is 66.5 Å². The number of imidazole rings is 1. The average molecular weight is 364 g/mol. The third kappa shape index (κ3) is 4.33. The quantitative estimate of drug-likeness (QED) is 0.378. The molecule has 3 rings (SSSR count). The molecular formula is C23H28N2O2. The van der Waals surface area contributed by atoms with Crippen LogP contribution < -0.4 is 9.47 Å². The Bertz CT molecular complexity index is 912. The predicted octanol–water partition coefficient (Wildman–Crippen LogP) is 5.37. The zero-order chi connectivity index (χ0) is 19.2. The Morgan fingerprint density at radius 2 is 1.96 bits per heavy atom. The first-order valence-electron chi connectivity index (χ1n) is 9.49. The van der Waals surface area contributed by atoms with Crippen molar-refractivity contribution in [1.29, 1.82) is 0 Å². The highest BCUT2D eigenvalue weighted by molar-refractivity contribution is 5.76. The maximum Gasteiger partial charge on any atom is 0.161 e. The molecule has 142 valence electrons. The molecule has 0 N–H and O–H groups in total. The van der Waals surface area contributed by atoms with Gasteiger partial charge in [0.2, 0.25) is 0 Å². The maximum absolute atomic E-state index is 5.99. The maximum atomic E-state index is 5.99. The summed E-state index contributed by atoms with van der Waals surface area (Å²) in [7, 11) is 1.67. The molecule has 0 aliphatic carbocycles. The summed E-state index contributed by atoms with van der Waals surface area (Å²) in [6.07, 6.45) is 3.61. The fraction of sp³-hybridized carbons (Fsp3) is 0.348. The van der Waals surface area contributed by atoms with Crippen molar-refractivity contribution >= 4 is 11.0 Å². The molecule has 4 heteroatoms. The molecule has 0 saturated heterocycles. The van der Waals surface area contributed by atoms with Crippen molar-refractivity contribution in [3.63, 3.8) is 0 Å². The summed E-state index contributed by atoms with van der Waals surface area (Å²) in [5.41, 5.74) is 3.41. The molecule has 0 aliphatic heterocycles. The normalized spacial score (nSPS) is 11.1. The van der Waals surface area contributed by atoms with Gasteiger partial charge in [0.1, 0.15) is 5.82 Å². The Balaban J connectivity index is 1.66. The molecule has 0 radical (unpaired) electrons. The lowest BCUT2D eigenvalue weighted by atomic mass is 10.1. The second-order valence-corrected chi connectivity index (χ2v) is 6.95. The van der Waals surface area contributed by atoms with Crippen LogP contribution in [0.2, 0.25) is 0 Å². The Labute approximate surface area is 161 Å². The van der Waals surface area contributed by atoms with E-state index in [4.69, 9.17) is 14.5 Å². The van der Waals surface area contributed by atoms with Gasteiger partial charge in [0.15, 0.2) is 11.5 Å². The standard InChI is InChI=1S/C23H28N2O2/c1-5-9-18-12-13-21(22(16-18)26-4)27-15-8-14-25-20-11-7-6-10-19(20)24-23(25)17(2)3/h5-7,10-13,16-17H,1,8-9,14-15H2,2-4H3. The monoisotopic (exact) mass is 364 g/mol. The number of nitrogens with zero attached hydrogens (tertiary/aromatic N) is 2. The lowest BCUT2D eigenvalue weighted by Crippen LogP contribution is -2.09. The van der Waals surface area contributed by atoms with Gasteiger partial charge in [-0.05, 0) is 42.7 Å². The largest absolute Gasteiger partial charge is 0.493 e. The van der Waals surface area contributed by atoms with E-state index in [1.165, 1.54) is 11.1 Å². The summed E-state index contributed by atoms with van der Waals surface area (Å²) in [6.45, 7) is 9.66. The SMILES string of the molecule is C=CCc1ccc(OCCCn2c(C(C)C)nc3ccccc32)c(OC)c1. The van der Waals surface area contributed by atoms with Gasteiger partial charge in [0.25, 0.3) is 0 Å². The number of benzene rings is 2. The molecule has 0 aliphatic rings. The zero-order valence-corrected chi connectivity index (χ0v) is 16.4. The van der Waals surface area contributed by atoms with Crippen molar-refractivity contribution in [1.82, 2.24) is 9.55 Å². The van der Waals surface area contributed by atoms with Crippen LogP contribution in [0.25, 0.3) is 11.0 Å². The second-order valence-electron chi connectivity index (χ2n) is 6.95. The molecule has 0 fully saturated rings. The third-order valence-corrected chi connectivity index (χ3v) is 4.59. The molecule has 27 heavy (non-hydrogen) atoms. The molecule has 1 aromatic heterocycles. The second kappa shape index (κ2) is 8.76. The summed E-state index contributed by atoms with van der Waals surface area (Å²) in [4.78, 5) is 4.80. The van der Waals surface area contributed by atoms with E-state index in [1.54, 1.807) is 7.11 Å². The summed E-state index contributed by atoms with van der Waals surface area (Å²) < 4.78 is 13.8. The van der Waals surface area contributed by atoms with Crippen LogP contribution in [0.15, 0.2) is 55.1 Å². The predicted molar refractivity (Wildman–Crippen MR) is 111 cm³/mol. The van der Waals surface area contributed by atoms with Gasteiger partial charge < -0.3 is 14.0 Å². The van der Waals surface area contributed by atoms with Crippen molar-refractivity contribution in [3.8, 4) is 11.5 Å². The van der Waals surface area contributed by atoms with Crippen LogP contribution in [0.1, 0.15) is 37.6 Å². The topological polar surface area (TPSA) is 36.3 Å². The van der Waals surface area contributed by atoms with E-state index in [0.717, 1.165) is 42.2 Å². The first-order chi connectivity index (χ1) is 13.1. The molecule has 3 aromatic rings. The van der Waals surface area contributed by atoms with E-state index in [9.17, 15) is 0 Å². The van der Waals surface area contributed by atoms with E-state index in [1.807, 2.05) is 24.3 Å². The summed E-state index contributed by atoms with van der Waals surface area (Å²) in [6, 6.07) is 14.4. The number of fused-ring (bicyclic) bond motifs is 1. The molecule has 0 saturated carbocycles. The molecule has 2 aromatic carbocycles. The Kier molecular flexibility index (Phi) is 6.17. The Morgan fingerprint density at radius 1 is 1.15 bits per heavy atom. The van der Waals surface area contributed by atoms with Crippen molar-refractivity contribution in [2.24, 2.45) is 0 Å². The van der Waals surface area contributed by atoms with Crippen molar-refractivity contribution in [2.75, 3.05) is 13.7 Å². The minimum Gasteiger partial charge on any atom is -0.493 e. The molecule has 0 bridgehead atoms. The first kappa shape index (κ1) is 19.0. The van der Waals surface area contributed by atoms with Gasteiger partial charge in [-0.3, -0.25) is 0 Å². The molecule has 4 nitrogen and oxygen atoms in total. The van der Waals surface area contributed by atoms with E-state index < -0.39 is 0 Å². The Morgan fingerprint density at radius 3 is 2.70 bits per heavy atom. The number of aryl methyl sites for hydroxylation is 1. The first-order valence-corrected chi connectivity index (χ1v) is 9.49. The minimum absolute atomic E-state index is 0.385. The van der Waals surface area contributed by atoms with E-state index in [2.05, 4.69) is 49.3 Å². The fourth-order valence-electron chi connectivity index (χ4n) is 3.30. The third-order valence-electron chi connectivity index (χ3n) is 4.59. The van der Waals surface area contributed by atoms with Gasteiger partial charge in [0.05, 0.1) is 24.8 Å². The molecule has 0 spiro atoms. The lowest BCUT2D eigenvalue weighted by molar-refractivity contribution is 0.282. The van der Waals surface area contributed by atoms with E-state index in [-0.39, 0.29) is 0 Å². The van der Waals surface area contributed by atoms with Gasteiger partial charge in [-0.2, -0.15) is 0 Å². The molecule has 0 amide bonds. The van der Waals surface area contributed by atoms with E-state index in [0.29, 0.717) is 12.5 Å². The molecule has 0 unspecified atom stereocenters. The van der Waals surface area contributed by atoms with Crippen LogP contribution >= 0.6 is 0 Å². The van der Waals surface area contributed by atoms with Gasteiger partial charge >= 0.3 is 0 Å². The summed E-state index contributed by atoms with van der Waals surface area (Å²) >= 11 is 0. The number of hydrogen-bond acceptors (Lipinski definition) is 3. The number of methoxy groups -OCH3 is 1. The number of aromatic nitrogens is 2. The Hall–Kier alpha value is -2.75. The number of ether oxygens (including phenoxy) is 2.